The van der Waals surface area contributed by atoms with E-state index in [9.17, 15) is 31.5 Å². The number of hydrogen-bond acceptors (Lipinski definition) is 3. The topological polar surface area (TPSA) is 46.6 Å². The van der Waals surface area contributed by atoms with E-state index in [1.54, 1.807) is 0 Å². The number of esters is 1. The number of nitrogens with zero attached hydrogens (tertiary/aromatic N) is 1. The van der Waals surface area contributed by atoms with Gasteiger partial charge in [-0.05, 0) is 0 Å². The molecule has 0 aliphatic carbocycles. The van der Waals surface area contributed by atoms with Crippen LogP contribution in [0.25, 0.3) is 0 Å². The summed E-state index contributed by atoms with van der Waals surface area (Å²) in [7, 11) is 1.94. The highest BCUT2D eigenvalue weighted by atomic mass is 19.2. The Morgan fingerprint density at radius 3 is 1.75 bits per heavy atom. The molecule has 0 saturated carbocycles. The summed E-state index contributed by atoms with van der Waals surface area (Å²) in [6.45, 7) is -0.713. The molecule has 1 aromatic rings. The number of benzene rings is 1. The molecule has 0 N–H and O–H groups in total. The Hall–Kier alpha value is -2.19. The number of halogens is 5. The van der Waals surface area contributed by atoms with Crippen molar-refractivity contribution < 1.29 is 36.3 Å². The Kier molecular flexibility index (Phi) is 4.64. The normalized spacial score (nSPS) is 10.3. The van der Waals surface area contributed by atoms with Crippen molar-refractivity contribution in [3.8, 4) is 0 Å². The molecule has 9 heteroatoms. The summed E-state index contributed by atoms with van der Waals surface area (Å²) >= 11 is 0. The average molecular weight is 297 g/mol. The first kappa shape index (κ1) is 15.9. The highest BCUT2D eigenvalue weighted by molar-refractivity contribution is 5.96. The van der Waals surface area contributed by atoms with Crippen LogP contribution in [0, 0.1) is 29.1 Å². The van der Waals surface area contributed by atoms with E-state index in [1.165, 1.54) is 0 Å². The highest BCUT2D eigenvalue weighted by Crippen LogP contribution is 2.23. The molecule has 0 spiro atoms. The van der Waals surface area contributed by atoms with Crippen LogP contribution in [-0.2, 0) is 9.53 Å². The lowest BCUT2D eigenvalue weighted by atomic mass is 10.1. The Balaban J connectivity index is 3.27. The molecule has 110 valence electrons. The van der Waals surface area contributed by atoms with Crippen LogP contribution in [0.2, 0.25) is 0 Å². The number of rotatable bonds is 3. The Labute approximate surface area is 109 Å². The monoisotopic (exact) mass is 297 g/mol. The van der Waals surface area contributed by atoms with Gasteiger partial charge >= 0.3 is 5.97 Å². The molecule has 0 bridgehead atoms. The predicted molar refractivity (Wildman–Crippen MR) is 55.2 cm³/mol. The molecule has 0 radical (unpaired) electrons. The molecule has 0 saturated heterocycles. The average Bonchev–Trinajstić information content (AvgIpc) is 2.42. The van der Waals surface area contributed by atoms with Crippen LogP contribution in [0.15, 0.2) is 0 Å². The molecular formula is C11H8F5NO3. The molecule has 0 aliphatic heterocycles. The van der Waals surface area contributed by atoms with Gasteiger partial charge < -0.3 is 9.64 Å². The van der Waals surface area contributed by atoms with Crippen LogP contribution < -0.4 is 0 Å². The van der Waals surface area contributed by atoms with E-state index in [4.69, 9.17) is 0 Å². The van der Waals surface area contributed by atoms with Crippen LogP contribution in [0.4, 0.5) is 22.0 Å². The molecule has 1 amide bonds. The first-order valence-electron chi connectivity index (χ1n) is 5.06. The predicted octanol–water partition coefficient (Wildman–Crippen LogP) is 1.63. The second-order valence-corrected chi connectivity index (χ2v) is 3.68. The fraction of sp³-hybridized carbons (Fsp3) is 0.273. The van der Waals surface area contributed by atoms with E-state index in [0.717, 1.165) is 14.2 Å². The number of ether oxygens (including phenoxy) is 1. The summed E-state index contributed by atoms with van der Waals surface area (Å²) in [6, 6.07) is 0. The minimum Gasteiger partial charge on any atom is -0.468 e. The number of carbonyl (C=O) groups excluding carboxylic acids is 2. The number of hydrogen-bond donors (Lipinski definition) is 0. The van der Waals surface area contributed by atoms with Crippen molar-refractivity contribution in [3.05, 3.63) is 34.6 Å². The van der Waals surface area contributed by atoms with Gasteiger partial charge in [-0.3, -0.25) is 9.59 Å². The van der Waals surface area contributed by atoms with E-state index < -0.39 is 53.1 Å². The van der Waals surface area contributed by atoms with E-state index in [0.29, 0.717) is 4.90 Å². The molecule has 1 rings (SSSR count). The molecular weight excluding hydrogens is 289 g/mol. The first-order valence-corrected chi connectivity index (χ1v) is 5.06. The maximum atomic E-state index is 13.3. The largest absolute Gasteiger partial charge is 0.468 e. The van der Waals surface area contributed by atoms with Crippen molar-refractivity contribution >= 4 is 11.9 Å². The van der Waals surface area contributed by atoms with Crippen LogP contribution in [0.3, 0.4) is 0 Å². The fourth-order valence-corrected chi connectivity index (χ4v) is 1.31. The minimum absolute atomic E-state index is 0.462. The van der Waals surface area contributed by atoms with Crippen LogP contribution in [0.1, 0.15) is 10.4 Å². The molecule has 0 aliphatic rings. The third-order valence-corrected chi connectivity index (χ3v) is 2.36. The molecule has 4 nitrogen and oxygen atoms in total. The van der Waals surface area contributed by atoms with Gasteiger partial charge in [-0.15, -0.1) is 0 Å². The lowest BCUT2D eigenvalue weighted by molar-refractivity contribution is -0.141. The summed E-state index contributed by atoms with van der Waals surface area (Å²) in [4.78, 5) is 23.0. The van der Waals surface area contributed by atoms with E-state index in [2.05, 4.69) is 4.74 Å². The molecule has 20 heavy (non-hydrogen) atoms. The second kappa shape index (κ2) is 5.85. The maximum Gasteiger partial charge on any atom is 0.325 e. The zero-order valence-corrected chi connectivity index (χ0v) is 10.3. The molecule has 0 heterocycles. The smallest absolute Gasteiger partial charge is 0.325 e. The zero-order chi connectivity index (χ0) is 15.6. The van der Waals surface area contributed by atoms with Gasteiger partial charge in [-0.25, -0.2) is 22.0 Å². The van der Waals surface area contributed by atoms with Crippen LogP contribution in [0.5, 0.6) is 0 Å². The van der Waals surface area contributed by atoms with Gasteiger partial charge in [0.15, 0.2) is 23.3 Å². The number of likely N-dealkylation sites (N-methyl/N-ethyl adjacent to an activating group) is 1. The van der Waals surface area contributed by atoms with Gasteiger partial charge in [-0.2, -0.15) is 0 Å². The SMILES string of the molecule is COC(=O)CN(C)C(=O)c1c(F)c(F)c(F)c(F)c1F. The van der Waals surface area contributed by atoms with Gasteiger partial charge in [0, 0.05) is 7.05 Å². The summed E-state index contributed by atoms with van der Waals surface area (Å²) in [5.74, 6) is -13.8. The fourth-order valence-electron chi connectivity index (χ4n) is 1.31. The highest BCUT2D eigenvalue weighted by Gasteiger charge is 2.31. The quantitative estimate of drug-likeness (QED) is 0.369. The van der Waals surface area contributed by atoms with Crippen molar-refractivity contribution in [1.29, 1.82) is 0 Å². The second-order valence-electron chi connectivity index (χ2n) is 3.68. The maximum absolute atomic E-state index is 13.3. The molecule has 0 aromatic heterocycles. The number of methoxy groups -OCH3 is 1. The lowest BCUT2D eigenvalue weighted by Gasteiger charge is -2.17. The standard InChI is InChI=1S/C11H8F5NO3/c1-17(3-4(18)20-2)11(19)5-6(12)8(14)10(16)9(15)7(5)13/h3H2,1-2H3. The third-order valence-electron chi connectivity index (χ3n) is 2.36. The van der Waals surface area contributed by atoms with Crippen molar-refractivity contribution in [2.75, 3.05) is 20.7 Å². The van der Waals surface area contributed by atoms with E-state index in [-0.39, 0.29) is 0 Å². The summed E-state index contributed by atoms with van der Waals surface area (Å²) in [6.07, 6.45) is 0. The molecule has 1 aromatic carbocycles. The van der Waals surface area contributed by atoms with E-state index >= 15 is 0 Å². The van der Waals surface area contributed by atoms with Crippen molar-refractivity contribution in [2.45, 2.75) is 0 Å². The third kappa shape index (κ3) is 2.70. The first-order chi connectivity index (χ1) is 9.22. The van der Waals surface area contributed by atoms with Crippen molar-refractivity contribution in [2.24, 2.45) is 0 Å². The van der Waals surface area contributed by atoms with Gasteiger partial charge in [0.2, 0.25) is 5.82 Å². The minimum atomic E-state index is -2.37. The lowest BCUT2D eigenvalue weighted by Crippen LogP contribution is -2.34. The van der Waals surface area contributed by atoms with Crippen molar-refractivity contribution in [1.82, 2.24) is 4.90 Å². The van der Waals surface area contributed by atoms with Gasteiger partial charge in [0.25, 0.3) is 5.91 Å². The Bertz CT molecular complexity index is 547. The van der Waals surface area contributed by atoms with Crippen LogP contribution >= 0.6 is 0 Å². The molecule has 0 fully saturated rings. The number of carbonyl (C=O) groups is 2. The summed E-state index contributed by atoms with van der Waals surface area (Å²) < 4.78 is 69.6. The Morgan fingerprint density at radius 2 is 1.35 bits per heavy atom. The molecule has 0 atom stereocenters. The summed E-state index contributed by atoms with van der Waals surface area (Å²) in [5.41, 5.74) is -1.63. The van der Waals surface area contributed by atoms with E-state index in [1.807, 2.05) is 0 Å². The van der Waals surface area contributed by atoms with Gasteiger partial charge in [0.05, 0.1) is 7.11 Å². The zero-order valence-electron chi connectivity index (χ0n) is 10.3. The van der Waals surface area contributed by atoms with Crippen LogP contribution in [-0.4, -0.2) is 37.5 Å². The Morgan fingerprint density at radius 1 is 0.950 bits per heavy atom. The molecule has 0 unspecified atom stereocenters. The van der Waals surface area contributed by atoms with Gasteiger partial charge in [-0.1, -0.05) is 0 Å². The summed E-state index contributed by atoms with van der Waals surface area (Å²) in [5, 5.41) is 0. The number of amides is 1. The van der Waals surface area contributed by atoms with Gasteiger partial charge in [0.1, 0.15) is 12.1 Å². The van der Waals surface area contributed by atoms with Crippen molar-refractivity contribution in [3.63, 3.8) is 0 Å².